The zero-order chi connectivity index (χ0) is 23.4. The van der Waals surface area contributed by atoms with Crippen LogP contribution in [0.2, 0.25) is 0 Å². The molecule has 0 saturated carbocycles. The van der Waals surface area contributed by atoms with Gasteiger partial charge in [0, 0.05) is 16.9 Å². The average Bonchev–Trinajstić information content (AvgIpc) is 3.20. The molecular formula is C25H21FN2O4S. The number of nitrogens with zero attached hydrogens (tertiary/aromatic N) is 1. The quantitative estimate of drug-likeness (QED) is 0.507. The largest absolute Gasteiger partial charge is 0.484 e. The first-order valence-corrected chi connectivity index (χ1v) is 11.3. The van der Waals surface area contributed by atoms with E-state index in [-0.39, 0.29) is 35.4 Å². The number of nitrogens with one attached hydrogen (secondary N) is 1. The van der Waals surface area contributed by atoms with Gasteiger partial charge < -0.3 is 10.1 Å². The molecule has 1 heterocycles. The zero-order valence-electron chi connectivity index (χ0n) is 17.8. The van der Waals surface area contributed by atoms with Gasteiger partial charge in [-0.05, 0) is 73.2 Å². The van der Waals surface area contributed by atoms with E-state index in [2.05, 4.69) is 5.32 Å². The smallest absolute Gasteiger partial charge is 0.262 e. The van der Waals surface area contributed by atoms with Crippen LogP contribution in [0.15, 0.2) is 72.8 Å². The Morgan fingerprint density at radius 3 is 2.33 bits per heavy atom. The third-order valence-corrected chi connectivity index (χ3v) is 6.30. The van der Waals surface area contributed by atoms with Crippen LogP contribution in [0.3, 0.4) is 0 Å². The van der Waals surface area contributed by atoms with Crippen molar-refractivity contribution in [3.05, 3.63) is 89.7 Å². The highest BCUT2D eigenvalue weighted by Crippen LogP contribution is 2.42. The summed E-state index contributed by atoms with van der Waals surface area (Å²) in [4.78, 5) is 37.6. The summed E-state index contributed by atoms with van der Waals surface area (Å²) in [5.41, 5.74) is 2.69. The van der Waals surface area contributed by atoms with E-state index in [0.717, 1.165) is 5.56 Å². The third kappa shape index (κ3) is 5.40. The fourth-order valence-corrected chi connectivity index (χ4v) is 4.59. The second-order valence-electron chi connectivity index (χ2n) is 7.44. The molecule has 1 saturated heterocycles. The van der Waals surface area contributed by atoms with Crippen LogP contribution >= 0.6 is 11.8 Å². The van der Waals surface area contributed by atoms with Crippen LogP contribution in [0, 0.1) is 5.82 Å². The van der Waals surface area contributed by atoms with Crippen LogP contribution in [0.4, 0.5) is 15.8 Å². The van der Waals surface area contributed by atoms with Crippen LogP contribution in [0.25, 0.3) is 0 Å². The number of ketones is 1. The highest BCUT2D eigenvalue weighted by molar-refractivity contribution is 8.00. The van der Waals surface area contributed by atoms with Gasteiger partial charge in [0.2, 0.25) is 5.91 Å². The topological polar surface area (TPSA) is 75.7 Å². The molecule has 3 aromatic carbocycles. The van der Waals surface area contributed by atoms with E-state index in [1.807, 2.05) is 12.1 Å². The molecule has 6 nitrogen and oxygen atoms in total. The van der Waals surface area contributed by atoms with Crippen molar-refractivity contribution in [2.45, 2.75) is 12.3 Å². The summed E-state index contributed by atoms with van der Waals surface area (Å²) in [5, 5.41) is 2.49. The molecule has 3 aromatic rings. The minimum Gasteiger partial charge on any atom is -0.484 e. The summed E-state index contributed by atoms with van der Waals surface area (Å²) >= 11 is 1.50. The van der Waals surface area contributed by atoms with Crippen LogP contribution in [0.5, 0.6) is 5.75 Å². The molecule has 0 radical (unpaired) electrons. The lowest BCUT2D eigenvalue weighted by atomic mass is 10.1. The van der Waals surface area contributed by atoms with Gasteiger partial charge in [0.15, 0.2) is 12.4 Å². The number of ether oxygens (including phenoxy) is 1. The Hall–Kier alpha value is -3.65. The monoisotopic (exact) mass is 464 g/mol. The Morgan fingerprint density at radius 1 is 1.03 bits per heavy atom. The van der Waals surface area contributed by atoms with Crippen molar-refractivity contribution in [2.75, 3.05) is 22.6 Å². The van der Waals surface area contributed by atoms with Gasteiger partial charge in [-0.15, -0.1) is 11.8 Å². The molecule has 0 aromatic heterocycles. The van der Waals surface area contributed by atoms with Crippen molar-refractivity contribution >= 4 is 40.7 Å². The van der Waals surface area contributed by atoms with Gasteiger partial charge >= 0.3 is 0 Å². The summed E-state index contributed by atoms with van der Waals surface area (Å²) < 4.78 is 18.8. The van der Waals surface area contributed by atoms with E-state index < -0.39 is 0 Å². The normalized spacial score (nSPS) is 15.4. The molecule has 1 unspecified atom stereocenters. The second kappa shape index (κ2) is 9.87. The predicted octanol–water partition coefficient (Wildman–Crippen LogP) is 4.82. The molecule has 4 rings (SSSR count). The number of amides is 2. The van der Waals surface area contributed by atoms with Gasteiger partial charge in [0.25, 0.3) is 5.91 Å². The third-order valence-electron chi connectivity index (χ3n) is 5.08. The lowest BCUT2D eigenvalue weighted by Gasteiger charge is -2.24. The van der Waals surface area contributed by atoms with Crippen molar-refractivity contribution in [1.29, 1.82) is 0 Å². The van der Waals surface area contributed by atoms with Crippen LogP contribution < -0.4 is 15.0 Å². The van der Waals surface area contributed by atoms with Crippen LogP contribution in [0.1, 0.15) is 28.2 Å². The molecule has 33 heavy (non-hydrogen) atoms. The fraction of sp³-hybridized carbons (Fsp3) is 0.160. The molecule has 0 bridgehead atoms. The molecule has 1 aliphatic rings. The van der Waals surface area contributed by atoms with E-state index in [0.29, 0.717) is 28.4 Å². The maximum Gasteiger partial charge on any atom is 0.262 e. The standard InChI is InChI=1S/C25H21FN2O4S/c1-16(29)17-2-8-20(9-3-17)27-23(30)14-32-22-12-4-18(5-13-22)25-28(24(31)15-33-25)21-10-6-19(26)7-11-21/h2-13,25H,14-15H2,1H3,(H,27,30). The van der Waals surface area contributed by atoms with Crippen LogP contribution in [-0.4, -0.2) is 30.0 Å². The number of carbonyl (C=O) groups excluding carboxylic acids is 3. The molecular weight excluding hydrogens is 443 g/mol. The summed E-state index contributed by atoms with van der Waals surface area (Å²) in [5.74, 6) is 0.102. The predicted molar refractivity (Wildman–Crippen MR) is 126 cm³/mol. The fourth-order valence-electron chi connectivity index (χ4n) is 3.41. The van der Waals surface area contributed by atoms with Crippen LogP contribution in [-0.2, 0) is 9.59 Å². The van der Waals surface area contributed by atoms with E-state index in [9.17, 15) is 18.8 Å². The average molecular weight is 465 g/mol. The number of Topliss-reactive ketones (excluding diaryl/α,β-unsaturated/α-hetero) is 1. The Labute approximate surface area is 194 Å². The summed E-state index contributed by atoms with van der Waals surface area (Å²) in [6, 6.07) is 19.7. The summed E-state index contributed by atoms with van der Waals surface area (Å²) in [6.45, 7) is 1.31. The Morgan fingerprint density at radius 2 is 1.70 bits per heavy atom. The van der Waals surface area contributed by atoms with Gasteiger partial charge in [0.05, 0.1) is 5.75 Å². The molecule has 2 amide bonds. The van der Waals surface area contributed by atoms with E-state index in [1.165, 1.54) is 30.8 Å². The zero-order valence-corrected chi connectivity index (χ0v) is 18.6. The number of hydrogen-bond acceptors (Lipinski definition) is 5. The molecule has 1 aliphatic heterocycles. The number of benzene rings is 3. The number of rotatable bonds is 7. The van der Waals surface area contributed by atoms with E-state index in [1.54, 1.807) is 53.4 Å². The first kappa shape index (κ1) is 22.5. The second-order valence-corrected chi connectivity index (χ2v) is 8.51. The number of anilines is 2. The number of thioether (sulfide) groups is 1. The van der Waals surface area contributed by atoms with E-state index in [4.69, 9.17) is 4.74 Å². The van der Waals surface area contributed by atoms with E-state index >= 15 is 0 Å². The maximum absolute atomic E-state index is 13.3. The highest BCUT2D eigenvalue weighted by Gasteiger charge is 2.34. The number of halogens is 1. The first-order valence-electron chi connectivity index (χ1n) is 10.2. The minimum atomic E-state index is -0.354. The summed E-state index contributed by atoms with van der Waals surface area (Å²) in [6.07, 6.45) is 0. The van der Waals surface area contributed by atoms with Crippen molar-refractivity contribution in [1.82, 2.24) is 0 Å². The Bertz CT molecular complexity index is 1160. The maximum atomic E-state index is 13.3. The lowest BCUT2D eigenvalue weighted by molar-refractivity contribution is -0.118. The lowest BCUT2D eigenvalue weighted by Crippen LogP contribution is -2.27. The highest BCUT2D eigenvalue weighted by atomic mass is 32.2. The molecule has 0 aliphatic carbocycles. The molecule has 1 fully saturated rings. The van der Waals surface area contributed by atoms with Crippen molar-refractivity contribution in [3.8, 4) is 5.75 Å². The minimum absolute atomic E-state index is 0.0371. The molecule has 1 N–H and O–H groups in total. The van der Waals surface area contributed by atoms with Gasteiger partial charge in [-0.1, -0.05) is 12.1 Å². The Balaban J connectivity index is 1.36. The van der Waals surface area contributed by atoms with Gasteiger partial charge in [0.1, 0.15) is 16.9 Å². The summed E-state index contributed by atoms with van der Waals surface area (Å²) in [7, 11) is 0. The molecule has 0 spiro atoms. The van der Waals surface area contributed by atoms with Crippen molar-refractivity contribution < 1.29 is 23.5 Å². The van der Waals surface area contributed by atoms with Crippen molar-refractivity contribution in [3.63, 3.8) is 0 Å². The number of hydrogen-bond donors (Lipinski definition) is 1. The number of carbonyl (C=O) groups is 3. The first-order chi connectivity index (χ1) is 15.9. The SMILES string of the molecule is CC(=O)c1ccc(NC(=O)COc2ccc(C3SCC(=O)N3c3ccc(F)cc3)cc2)cc1. The Kier molecular flexibility index (Phi) is 6.74. The van der Waals surface area contributed by atoms with Crippen molar-refractivity contribution in [2.24, 2.45) is 0 Å². The molecule has 8 heteroatoms. The molecule has 1 atom stereocenters. The molecule has 168 valence electrons. The van der Waals surface area contributed by atoms with Gasteiger partial charge in [-0.2, -0.15) is 0 Å². The van der Waals surface area contributed by atoms with Gasteiger partial charge in [-0.25, -0.2) is 4.39 Å². The van der Waals surface area contributed by atoms with Gasteiger partial charge in [-0.3, -0.25) is 19.3 Å².